The zero-order chi connectivity index (χ0) is 21.7. The van der Waals surface area contributed by atoms with Crippen molar-refractivity contribution in [2.24, 2.45) is 0 Å². The Morgan fingerprint density at radius 2 is 1.87 bits per heavy atom. The largest absolute Gasteiger partial charge is 0.419 e. The van der Waals surface area contributed by atoms with Gasteiger partial charge in [0.1, 0.15) is 5.82 Å². The van der Waals surface area contributed by atoms with Crippen LogP contribution in [-0.4, -0.2) is 64.2 Å². The van der Waals surface area contributed by atoms with Gasteiger partial charge in [-0.2, -0.15) is 17.5 Å². The molecule has 0 saturated carbocycles. The lowest BCUT2D eigenvalue weighted by Gasteiger charge is -2.33. The molecule has 3 aromatic heterocycles. The van der Waals surface area contributed by atoms with E-state index in [1.54, 1.807) is 6.92 Å². The van der Waals surface area contributed by atoms with Gasteiger partial charge in [-0.05, 0) is 13.0 Å². The molecule has 1 aliphatic rings. The second-order valence-corrected chi connectivity index (χ2v) is 9.86. The van der Waals surface area contributed by atoms with Crippen molar-refractivity contribution in [3.05, 3.63) is 24.0 Å². The molecule has 0 unspecified atom stereocenters. The monoisotopic (exact) mass is 461 g/mol. The molecule has 0 radical (unpaired) electrons. The molecule has 0 bridgehead atoms. The minimum Gasteiger partial charge on any atom is -0.383 e. The van der Waals surface area contributed by atoms with Crippen LogP contribution in [0.25, 0.3) is 16.2 Å². The van der Waals surface area contributed by atoms with Crippen molar-refractivity contribution in [3.63, 3.8) is 0 Å². The first kappa shape index (κ1) is 20.8. The quantitative estimate of drug-likeness (QED) is 0.632. The normalized spacial score (nSPS) is 16.5. The van der Waals surface area contributed by atoms with Crippen LogP contribution in [0.1, 0.15) is 12.5 Å². The number of nitrogen functional groups attached to an aromatic ring is 1. The molecule has 1 fully saturated rings. The number of halogens is 3. The Balaban J connectivity index is 1.61. The highest BCUT2D eigenvalue weighted by Gasteiger charge is 2.34. The number of hydrogen-bond donors (Lipinski definition) is 1. The number of fused-ring (bicyclic) bond motifs is 1. The van der Waals surface area contributed by atoms with Crippen LogP contribution in [0.5, 0.6) is 0 Å². The molecule has 30 heavy (non-hydrogen) atoms. The standard InChI is InChI=1S/C16H18F3N7O2S2/c1-2-30(27,28)25-5-3-24(4-6-25)15-23-26-12(9-22-14(26)29-15)10-7-11(16(17,18)19)13(20)21-8-10/h7-9H,2-6H2,1H3,(H2,20,21). The molecule has 2 N–H and O–H groups in total. The first-order chi connectivity index (χ1) is 14.1. The van der Waals surface area contributed by atoms with E-state index < -0.39 is 27.6 Å². The average Bonchev–Trinajstić information content (AvgIpc) is 3.28. The first-order valence-electron chi connectivity index (χ1n) is 9.00. The van der Waals surface area contributed by atoms with Crippen LogP contribution < -0.4 is 10.6 Å². The number of piperazine rings is 1. The predicted octanol–water partition coefficient (Wildman–Crippen LogP) is 1.93. The van der Waals surface area contributed by atoms with Gasteiger partial charge >= 0.3 is 6.18 Å². The van der Waals surface area contributed by atoms with Crippen molar-refractivity contribution < 1.29 is 21.6 Å². The van der Waals surface area contributed by atoms with Gasteiger partial charge in [-0.25, -0.2) is 22.9 Å². The fourth-order valence-electron chi connectivity index (χ4n) is 3.19. The molecule has 3 aromatic rings. The number of hydrogen-bond acceptors (Lipinski definition) is 8. The van der Waals surface area contributed by atoms with Crippen LogP contribution in [0.4, 0.5) is 24.1 Å². The van der Waals surface area contributed by atoms with E-state index in [4.69, 9.17) is 5.73 Å². The lowest BCUT2D eigenvalue weighted by molar-refractivity contribution is -0.137. The fourth-order valence-corrected chi connectivity index (χ4v) is 5.20. The van der Waals surface area contributed by atoms with E-state index in [0.29, 0.717) is 42.0 Å². The summed E-state index contributed by atoms with van der Waals surface area (Å²) >= 11 is 1.28. The molecular weight excluding hydrogens is 443 g/mol. The third-order valence-corrected chi connectivity index (χ3v) is 7.73. The van der Waals surface area contributed by atoms with E-state index in [0.717, 1.165) is 6.07 Å². The van der Waals surface area contributed by atoms with Crippen molar-refractivity contribution in [3.8, 4) is 11.3 Å². The second-order valence-electron chi connectivity index (χ2n) is 6.66. The van der Waals surface area contributed by atoms with E-state index in [9.17, 15) is 21.6 Å². The molecule has 14 heteroatoms. The van der Waals surface area contributed by atoms with Crippen LogP contribution in [0.15, 0.2) is 18.5 Å². The summed E-state index contributed by atoms with van der Waals surface area (Å²) in [4.78, 5) is 10.3. The van der Waals surface area contributed by atoms with Gasteiger partial charge in [-0.1, -0.05) is 11.3 Å². The maximum absolute atomic E-state index is 13.2. The molecule has 0 spiro atoms. The Hall–Kier alpha value is -2.45. The average molecular weight is 461 g/mol. The van der Waals surface area contributed by atoms with Crippen molar-refractivity contribution in [1.82, 2.24) is 23.9 Å². The molecule has 0 atom stereocenters. The fraction of sp³-hybridized carbons (Fsp3) is 0.438. The number of aromatic nitrogens is 4. The van der Waals surface area contributed by atoms with Crippen molar-refractivity contribution in [2.75, 3.05) is 42.6 Å². The van der Waals surface area contributed by atoms with Gasteiger partial charge in [0.05, 0.1) is 23.2 Å². The summed E-state index contributed by atoms with van der Waals surface area (Å²) in [5, 5.41) is 5.10. The Morgan fingerprint density at radius 3 is 2.50 bits per heavy atom. The minimum atomic E-state index is -4.62. The first-order valence-corrected chi connectivity index (χ1v) is 11.4. The van der Waals surface area contributed by atoms with Crippen LogP contribution in [0.3, 0.4) is 0 Å². The SMILES string of the molecule is CCS(=O)(=O)N1CCN(c2nn3c(-c4cnc(N)c(C(F)(F)F)c4)cnc3s2)CC1. The molecule has 0 aliphatic carbocycles. The molecule has 9 nitrogen and oxygen atoms in total. The van der Waals surface area contributed by atoms with Gasteiger partial charge in [0.25, 0.3) is 0 Å². The smallest absolute Gasteiger partial charge is 0.383 e. The third-order valence-electron chi connectivity index (χ3n) is 4.86. The summed E-state index contributed by atoms with van der Waals surface area (Å²) in [6.45, 7) is 3.23. The summed E-state index contributed by atoms with van der Waals surface area (Å²) in [6.07, 6.45) is -1.94. The molecule has 4 rings (SSSR count). The summed E-state index contributed by atoms with van der Waals surface area (Å²) < 4.78 is 66.4. The summed E-state index contributed by atoms with van der Waals surface area (Å²) in [7, 11) is -3.24. The number of alkyl halides is 3. The number of nitrogens with zero attached hydrogens (tertiary/aromatic N) is 6. The van der Waals surface area contributed by atoms with E-state index in [2.05, 4.69) is 15.1 Å². The highest BCUT2D eigenvalue weighted by molar-refractivity contribution is 7.89. The summed E-state index contributed by atoms with van der Waals surface area (Å²) in [5.74, 6) is -0.539. The predicted molar refractivity (Wildman–Crippen MR) is 107 cm³/mol. The van der Waals surface area contributed by atoms with Gasteiger partial charge in [-0.3, -0.25) is 0 Å². The Bertz CT molecular complexity index is 1180. The highest BCUT2D eigenvalue weighted by atomic mass is 32.2. The number of sulfonamides is 1. The molecule has 1 aliphatic heterocycles. The third kappa shape index (κ3) is 3.70. The summed E-state index contributed by atoms with van der Waals surface area (Å²) in [5.41, 5.74) is 4.91. The van der Waals surface area contributed by atoms with E-state index in [1.807, 2.05) is 4.90 Å². The Kier molecular flexibility index (Phi) is 5.10. The number of nitrogens with two attached hydrogens (primary N) is 1. The van der Waals surface area contributed by atoms with E-state index in [-0.39, 0.29) is 11.3 Å². The van der Waals surface area contributed by atoms with Crippen LogP contribution in [-0.2, 0) is 16.2 Å². The number of imidazole rings is 1. The molecular formula is C16H18F3N7O2S2. The van der Waals surface area contributed by atoms with Crippen LogP contribution >= 0.6 is 11.3 Å². The molecule has 0 aromatic carbocycles. The zero-order valence-corrected chi connectivity index (χ0v) is 17.4. The number of pyridine rings is 1. The van der Waals surface area contributed by atoms with Gasteiger partial charge in [0.15, 0.2) is 0 Å². The van der Waals surface area contributed by atoms with Crippen LogP contribution in [0.2, 0.25) is 0 Å². The maximum Gasteiger partial charge on any atom is 0.419 e. The minimum absolute atomic E-state index is 0.0526. The molecule has 162 valence electrons. The van der Waals surface area contributed by atoms with Gasteiger partial charge in [0.2, 0.25) is 20.1 Å². The van der Waals surface area contributed by atoms with Gasteiger partial charge in [0, 0.05) is 37.9 Å². The molecule has 1 saturated heterocycles. The Labute approximate surface area is 174 Å². The van der Waals surface area contributed by atoms with Gasteiger partial charge in [-0.15, -0.1) is 5.10 Å². The number of rotatable bonds is 4. The zero-order valence-electron chi connectivity index (χ0n) is 15.8. The molecule has 0 amide bonds. The van der Waals surface area contributed by atoms with Crippen molar-refractivity contribution >= 4 is 37.3 Å². The Morgan fingerprint density at radius 1 is 1.17 bits per heavy atom. The molecule has 4 heterocycles. The topological polar surface area (TPSA) is 110 Å². The van der Waals surface area contributed by atoms with Crippen molar-refractivity contribution in [2.45, 2.75) is 13.1 Å². The van der Waals surface area contributed by atoms with Gasteiger partial charge < -0.3 is 10.6 Å². The van der Waals surface area contributed by atoms with E-state index in [1.165, 1.54) is 32.6 Å². The van der Waals surface area contributed by atoms with Crippen LogP contribution in [0, 0.1) is 0 Å². The second kappa shape index (κ2) is 7.35. The lowest BCUT2D eigenvalue weighted by Crippen LogP contribution is -2.49. The van der Waals surface area contributed by atoms with E-state index >= 15 is 0 Å². The highest BCUT2D eigenvalue weighted by Crippen LogP contribution is 2.36. The summed E-state index contributed by atoms with van der Waals surface area (Å²) in [6, 6.07) is 0.930. The lowest BCUT2D eigenvalue weighted by atomic mass is 10.1. The maximum atomic E-state index is 13.2. The number of anilines is 2. The van der Waals surface area contributed by atoms with Crippen molar-refractivity contribution in [1.29, 1.82) is 0 Å².